The molecule has 0 fully saturated rings. The van der Waals surface area contributed by atoms with E-state index in [0.29, 0.717) is 17.7 Å². The minimum Gasteiger partial charge on any atom is -0.126 e. The molecule has 0 aliphatic rings. The Morgan fingerprint density at radius 2 is 1.67 bits per heavy atom. The summed E-state index contributed by atoms with van der Waals surface area (Å²) in [6, 6.07) is 8.28. The van der Waals surface area contributed by atoms with Crippen molar-refractivity contribution in [1.82, 2.24) is 0 Å². The second-order valence-electron chi connectivity index (χ2n) is 4.91. The Labute approximate surface area is 129 Å². The number of benzene rings is 1. The molecule has 0 nitrogen and oxygen atoms in total. The second kappa shape index (κ2) is 7.77. The zero-order chi connectivity index (χ0) is 13.6. The smallest absolute Gasteiger partial charge is 0.0332 e. The van der Waals surface area contributed by atoms with Crippen LogP contribution in [0.1, 0.15) is 38.7 Å². The van der Waals surface area contributed by atoms with Crippen molar-refractivity contribution in [2.45, 2.75) is 38.5 Å². The van der Waals surface area contributed by atoms with Crippen molar-refractivity contribution < 1.29 is 0 Å². The molecular formula is C15H21BrCl2. The summed E-state index contributed by atoms with van der Waals surface area (Å²) in [5.74, 6) is 1.81. The first-order valence-electron chi connectivity index (χ1n) is 6.50. The molecule has 0 aliphatic carbocycles. The van der Waals surface area contributed by atoms with Crippen LogP contribution >= 0.6 is 39.1 Å². The van der Waals surface area contributed by atoms with E-state index in [9.17, 15) is 0 Å². The van der Waals surface area contributed by atoms with Crippen LogP contribution in [0.2, 0.25) is 0 Å². The SMILES string of the molecule is CCC(CC)CC(CCl)(CCl)c1ccccc1Br. The molecule has 0 saturated heterocycles. The lowest BCUT2D eigenvalue weighted by Crippen LogP contribution is -2.33. The van der Waals surface area contributed by atoms with Crippen LogP contribution in [-0.2, 0) is 5.41 Å². The number of hydrogen-bond donors (Lipinski definition) is 0. The summed E-state index contributed by atoms with van der Waals surface area (Å²) < 4.78 is 1.11. The van der Waals surface area contributed by atoms with E-state index in [1.807, 2.05) is 6.07 Å². The maximum atomic E-state index is 6.28. The summed E-state index contributed by atoms with van der Waals surface area (Å²) in [4.78, 5) is 0. The summed E-state index contributed by atoms with van der Waals surface area (Å²) in [5, 5.41) is 0. The third-order valence-electron chi connectivity index (χ3n) is 3.79. The zero-order valence-electron chi connectivity index (χ0n) is 11.1. The van der Waals surface area contributed by atoms with Gasteiger partial charge in [0.25, 0.3) is 0 Å². The fourth-order valence-corrected chi connectivity index (χ4v) is 3.92. The van der Waals surface area contributed by atoms with Crippen LogP contribution in [0.25, 0.3) is 0 Å². The molecule has 0 radical (unpaired) electrons. The van der Waals surface area contributed by atoms with Crippen molar-refractivity contribution in [1.29, 1.82) is 0 Å². The van der Waals surface area contributed by atoms with Gasteiger partial charge in [-0.05, 0) is 24.0 Å². The van der Waals surface area contributed by atoms with Crippen LogP contribution in [0.15, 0.2) is 28.7 Å². The highest BCUT2D eigenvalue weighted by atomic mass is 79.9. The first-order valence-corrected chi connectivity index (χ1v) is 8.36. The van der Waals surface area contributed by atoms with Gasteiger partial charge in [-0.25, -0.2) is 0 Å². The third-order valence-corrected chi connectivity index (χ3v) is 5.51. The van der Waals surface area contributed by atoms with Crippen LogP contribution in [0, 0.1) is 5.92 Å². The molecule has 0 bridgehead atoms. The normalized spacial score (nSPS) is 12.1. The fourth-order valence-electron chi connectivity index (χ4n) is 2.42. The van der Waals surface area contributed by atoms with Gasteiger partial charge in [0, 0.05) is 21.6 Å². The number of alkyl halides is 2. The van der Waals surface area contributed by atoms with E-state index in [1.54, 1.807) is 0 Å². The highest BCUT2D eigenvalue weighted by Crippen LogP contribution is 2.39. The fraction of sp³-hybridized carbons (Fsp3) is 0.600. The predicted octanol–water partition coefficient (Wildman–Crippen LogP) is 5.99. The Hall–Kier alpha value is 0.280. The lowest BCUT2D eigenvalue weighted by molar-refractivity contribution is 0.348. The van der Waals surface area contributed by atoms with Gasteiger partial charge < -0.3 is 0 Å². The van der Waals surface area contributed by atoms with Crippen LogP contribution in [0.5, 0.6) is 0 Å². The molecule has 0 saturated carbocycles. The Bertz CT molecular complexity index is 357. The molecule has 0 amide bonds. The maximum Gasteiger partial charge on any atom is 0.0332 e. The van der Waals surface area contributed by atoms with Crippen LogP contribution in [0.4, 0.5) is 0 Å². The third kappa shape index (κ3) is 3.65. The second-order valence-corrected chi connectivity index (χ2v) is 6.30. The molecule has 1 aromatic carbocycles. The lowest BCUT2D eigenvalue weighted by atomic mass is 9.75. The molecule has 3 heteroatoms. The first-order chi connectivity index (χ1) is 8.63. The van der Waals surface area contributed by atoms with Gasteiger partial charge in [-0.3, -0.25) is 0 Å². The van der Waals surface area contributed by atoms with Crippen LogP contribution < -0.4 is 0 Å². The van der Waals surface area contributed by atoms with E-state index in [1.165, 1.54) is 18.4 Å². The zero-order valence-corrected chi connectivity index (χ0v) is 14.2. The van der Waals surface area contributed by atoms with Gasteiger partial charge in [0.05, 0.1) is 0 Å². The van der Waals surface area contributed by atoms with E-state index in [0.717, 1.165) is 10.9 Å². The molecular weight excluding hydrogens is 331 g/mol. The average Bonchev–Trinajstić information content (AvgIpc) is 2.42. The summed E-state index contributed by atoms with van der Waals surface area (Å²) in [5.41, 5.74) is 1.11. The van der Waals surface area contributed by atoms with E-state index >= 15 is 0 Å². The largest absolute Gasteiger partial charge is 0.126 e. The van der Waals surface area contributed by atoms with E-state index in [2.05, 4.69) is 48.0 Å². The summed E-state index contributed by atoms with van der Waals surface area (Å²) >= 11 is 16.2. The van der Waals surface area contributed by atoms with Gasteiger partial charge in [-0.1, -0.05) is 60.8 Å². The topological polar surface area (TPSA) is 0 Å². The van der Waals surface area contributed by atoms with Crippen molar-refractivity contribution in [3.05, 3.63) is 34.3 Å². The first kappa shape index (κ1) is 16.3. The van der Waals surface area contributed by atoms with Crippen molar-refractivity contribution in [3.63, 3.8) is 0 Å². The summed E-state index contributed by atoms with van der Waals surface area (Å²) in [6.07, 6.45) is 3.41. The van der Waals surface area contributed by atoms with Gasteiger partial charge in [0.1, 0.15) is 0 Å². The highest BCUT2D eigenvalue weighted by molar-refractivity contribution is 9.10. The van der Waals surface area contributed by atoms with Gasteiger partial charge in [-0.15, -0.1) is 23.2 Å². The van der Waals surface area contributed by atoms with Crippen molar-refractivity contribution in [3.8, 4) is 0 Å². The molecule has 1 rings (SSSR count). The van der Waals surface area contributed by atoms with E-state index < -0.39 is 0 Å². The highest BCUT2D eigenvalue weighted by Gasteiger charge is 2.34. The molecule has 0 unspecified atom stereocenters. The molecule has 0 aliphatic heterocycles. The number of halogens is 3. The Balaban J connectivity index is 3.10. The van der Waals surface area contributed by atoms with Gasteiger partial charge >= 0.3 is 0 Å². The summed E-state index contributed by atoms with van der Waals surface area (Å²) in [7, 11) is 0. The van der Waals surface area contributed by atoms with E-state index in [-0.39, 0.29) is 5.41 Å². The molecule has 0 heterocycles. The van der Waals surface area contributed by atoms with Crippen LogP contribution in [0.3, 0.4) is 0 Å². The van der Waals surface area contributed by atoms with Gasteiger partial charge in [0.15, 0.2) is 0 Å². The van der Waals surface area contributed by atoms with Crippen molar-refractivity contribution >= 4 is 39.1 Å². The molecule has 18 heavy (non-hydrogen) atoms. The number of hydrogen-bond acceptors (Lipinski definition) is 0. The Kier molecular flexibility index (Phi) is 7.05. The standard InChI is InChI=1S/C15H21BrCl2/c1-3-12(4-2)9-15(10-17,11-18)13-7-5-6-8-14(13)16/h5-8,12H,3-4,9-11H2,1-2H3. The minimum atomic E-state index is -0.125. The number of rotatable bonds is 7. The van der Waals surface area contributed by atoms with Crippen molar-refractivity contribution in [2.24, 2.45) is 5.92 Å². The molecule has 102 valence electrons. The average molecular weight is 352 g/mol. The van der Waals surface area contributed by atoms with Gasteiger partial charge in [0.2, 0.25) is 0 Å². The van der Waals surface area contributed by atoms with Crippen LogP contribution in [-0.4, -0.2) is 11.8 Å². The van der Waals surface area contributed by atoms with Gasteiger partial charge in [-0.2, -0.15) is 0 Å². The molecule has 0 atom stereocenters. The molecule has 0 N–H and O–H groups in total. The molecule has 1 aromatic rings. The maximum absolute atomic E-state index is 6.28. The minimum absolute atomic E-state index is 0.125. The van der Waals surface area contributed by atoms with Crippen molar-refractivity contribution in [2.75, 3.05) is 11.8 Å². The predicted molar refractivity (Wildman–Crippen MR) is 85.9 cm³/mol. The summed E-state index contributed by atoms with van der Waals surface area (Å²) in [6.45, 7) is 4.48. The van der Waals surface area contributed by atoms with E-state index in [4.69, 9.17) is 23.2 Å². The Morgan fingerprint density at radius 1 is 1.11 bits per heavy atom. The lowest BCUT2D eigenvalue weighted by Gasteiger charge is -2.34. The molecule has 0 aromatic heterocycles. The Morgan fingerprint density at radius 3 is 2.11 bits per heavy atom. The quantitative estimate of drug-likeness (QED) is 0.529. The molecule has 0 spiro atoms. The monoisotopic (exact) mass is 350 g/mol.